The number of ether oxygens (including phenoxy) is 2. The van der Waals surface area contributed by atoms with E-state index in [1.54, 1.807) is 0 Å². The highest BCUT2D eigenvalue weighted by molar-refractivity contribution is 5.86. The van der Waals surface area contributed by atoms with Gasteiger partial charge in [0.1, 0.15) is 0 Å². The molecule has 1 amide bonds. The molecule has 0 aromatic carbocycles. The molecule has 0 aromatic heterocycles. The Bertz CT molecular complexity index is 295. The van der Waals surface area contributed by atoms with Gasteiger partial charge < -0.3 is 14.8 Å². The Hall–Kier alpha value is -0.910. The highest BCUT2D eigenvalue weighted by atomic mass is 16.5. The third kappa shape index (κ3) is 3.10. The van der Waals surface area contributed by atoms with Crippen molar-refractivity contribution in [1.29, 1.82) is 0 Å². The van der Waals surface area contributed by atoms with Gasteiger partial charge in [0.15, 0.2) is 0 Å². The van der Waals surface area contributed by atoms with Gasteiger partial charge in [0, 0.05) is 38.4 Å². The Kier molecular flexibility index (Phi) is 4.74. The molecule has 2 aliphatic rings. The van der Waals surface area contributed by atoms with Gasteiger partial charge in [-0.1, -0.05) is 6.58 Å². The molecule has 0 bridgehead atoms. The molecule has 0 unspecified atom stereocenters. The van der Waals surface area contributed by atoms with Crippen molar-refractivity contribution in [3.8, 4) is 0 Å². The van der Waals surface area contributed by atoms with Crippen LogP contribution in [-0.4, -0.2) is 62.4 Å². The monoisotopic (exact) mass is 254 g/mol. The van der Waals surface area contributed by atoms with Crippen LogP contribution in [-0.2, 0) is 14.3 Å². The normalized spacial score (nSPS) is 24.4. The van der Waals surface area contributed by atoms with Crippen LogP contribution in [0.25, 0.3) is 0 Å². The average molecular weight is 254 g/mol. The van der Waals surface area contributed by atoms with Gasteiger partial charge in [0.25, 0.3) is 0 Å². The minimum Gasteiger partial charge on any atom is -0.381 e. The molecule has 2 fully saturated rings. The second-order valence-electron chi connectivity index (χ2n) is 4.86. The van der Waals surface area contributed by atoms with E-state index in [0.717, 1.165) is 52.4 Å². The molecule has 0 aliphatic carbocycles. The van der Waals surface area contributed by atoms with Gasteiger partial charge in [-0.2, -0.15) is 0 Å². The Morgan fingerprint density at radius 2 is 1.83 bits per heavy atom. The highest BCUT2D eigenvalue weighted by Crippen LogP contribution is 2.28. The molecule has 2 saturated heterocycles. The summed E-state index contributed by atoms with van der Waals surface area (Å²) in [6.45, 7) is 9.11. The SMILES string of the molecule is C=CC(=O)NCC1(N2CCOCC2)CCOCC1. The van der Waals surface area contributed by atoms with E-state index in [2.05, 4.69) is 16.8 Å². The lowest BCUT2D eigenvalue weighted by atomic mass is 9.87. The topological polar surface area (TPSA) is 50.8 Å². The standard InChI is InChI=1S/C13H22N2O3/c1-2-12(16)14-11-13(3-7-17-8-4-13)15-5-9-18-10-6-15/h2H,1,3-11H2,(H,14,16). The van der Waals surface area contributed by atoms with Gasteiger partial charge in [-0.15, -0.1) is 0 Å². The fourth-order valence-corrected chi connectivity index (χ4v) is 2.72. The maximum absolute atomic E-state index is 11.4. The third-order valence-corrected chi connectivity index (χ3v) is 3.88. The quantitative estimate of drug-likeness (QED) is 0.727. The van der Waals surface area contributed by atoms with Gasteiger partial charge in [-0.25, -0.2) is 0 Å². The predicted molar refractivity (Wildman–Crippen MR) is 68.4 cm³/mol. The predicted octanol–water partition coefficient (Wildman–Crippen LogP) is 0.170. The number of nitrogens with zero attached hydrogens (tertiary/aromatic N) is 1. The van der Waals surface area contributed by atoms with E-state index in [1.165, 1.54) is 6.08 Å². The van der Waals surface area contributed by atoms with Crippen LogP contribution in [0.4, 0.5) is 0 Å². The highest BCUT2D eigenvalue weighted by Gasteiger charge is 2.39. The molecule has 5 nitrogen and oxygen atoms in total. The number of hydrogen-bond donors (Lipinski definition) is 1. The fourth-order valence-electron chi connectivity index (χ4n) is 2.72. The summed E-state index contributed by atoms with van der Waals surface area (Å²) in [5, 5.41) is 2.95. The van der Waals surface area contributed by atoms with Gasteiger partial charge in [-0.3, -0.25) is 9.69 Å². The summed E-state index contributed by atoms with van der Waals surface area (Å²) in [6.07, 6.45) is 3.25. The lowest BCUT2D eigenvalue weighted by molar-refractivity contribution is -0.118. The number of carbonyl (C=O) groups excluding carboxylic acids is 1. The minimum atomic E-state index is -0.103. The van der Waals surface area contributed by atoms with E-state index >= 15 is 0 Å². The molecule has 0 saturated carbocycles. The zero-order chi connectivity index (χ0) is 12.8. The van der Waals surface area contributed by atoms with Crippen LogP contribution in [0.1, 0.15) is 12.8 Å². The summed E-state index contributed by atoms with van der Waals surface area (Å²) < 4.78 is 10.9. The summed E-state index contributed by atoms with van der Waals surface area (Å²) in [4.78, 5) is 13.8. The molecular formula is C13H22N2O3. The van der Waals surface area contributed by atoms with Crippen LogP contribution >= 0.6 is 0 Å². The first kappa shape index (κ1) is 13.5. The molecular weight excluding hydrogens is 232 g/mol. The molecule has 2 aliphatic heterocycles. The Balaban J connectivity index is 2.01. The van der Waals surface area contributed by atoms with Crippen LogP contribution in [0.2, 0.25) is 0 Å². The van der Waals surface area contributed by atoms with Crippen molar-refractivity contribution in [3.05, 3.63) is 12.7 Å². The third-order valence-electron chi connectivity index (χ3n) is 3.88. The van der Waals surface area contributed by atoms with E-state index in [1.807, 2.05) is 0 Å². The maximum atomic E-state index is 11.4. The number of hydrogen-bond acceptors (Lipinski definition) is 4. The molecule has 0 radical (unpaired) electrons. The van der Waals surface area contributed by atoms with E-state index in [4.69, 9.17) is 9.47 Å². The molecule has 2 heterocycles. The number of rotatable bonds is 4. The summed E-state index contributed by atoms with van der Waals surface area (Å²) in [7, 11) is 0. The minimum absolute atomic E-state index is 0.0285. The summed E-state index contributed by atoms with van der Waals surface area (Å²) in [5.74, 6) is -0.103. The second kappa shape index (κ2) is 6.31. The zero-order valence-electron chi connectivity index (χ0n) is 10.8. The van der Waals surface area contributed by atoms with Crippen molar-refractivity contribution in [1.82, 2.24) is 10.2 Å². The second-order valence-corrected chi connectivity index (χ2v) is 4.86. The Labute approximate surface area is 108 Å². The number of carbonyl (C=O) groups is 1. The van der Waals surface area contributed by atoms with Crippen LogP contribution in [0.3, 0.4) is 0 Å². The molecule has 0 aromatic rings. The number of morpholine rings is 1. The van der Waals surface area contributed by atoms with Crippen molar-refractivity contribution < 1.29 is 14.3 Å². The van der Waals surface area contributed by atoms with Gasteiger partial charge in [0.2, 0.25) is 5.91 Å². The molecule has 18 heavy (non-hydrogen) atoms. The lowest BCUT2D eigenvalue weighted by Crippen LogP contribution is -2.61. The average Bonchev–Trinajstić information content (AvgIpc) is 2.46. The van der Waals surface area contributed by atoms with E-state index < -0.39 is 0 Å². The van der Waals surface area contributed by atoms with Crippen LogP contribution in [0.5, 0.6) is 0 Å². The fraction of sp³-hybridized carbons (Fsp3) is 0.769. The summed E-state index contributed by atoms with van der Waals surface area (Å²) in [6, 6.07) is 0. The van der Waals surface area contributed by atoms with Crippen molar-refractivity contribution >= 4 is 5.91 Å². The molecule has 0 spiro atoms. The van der Waals surface area contributed by atoms with E-state index in [9.17, 15) is 4.79 Å². The summed E-state index contributed by atoms with van der Waals surface area (Å²) >= 11 is 0. The van der Waals surface area contributed by atoms with Crippen molar-refractivity contribution in [2.24, 2.45) is 0 Å². The van der Waals surface area contributed by atoms with Crippen LogP contribution in [0.15, 0.2) is 12.7 Å². The Morgan fingerprint density at radius 1 is 1.22 bits per heavy atom. The van der Waals surface area contributed by atoms with Gasteiger partial charge >= 0.3 is 0 Å². The largest absolute Gasteiger partial charge is 0.381 e. The van der Waals surface area contributed by atoms with Crippen LogP contribution in [0, 0.1) is 0 Å². The van der Waals surface area contributed by atoms with Crippen molar-refractivity contribution in [3.63, 3.8) is 0 Å². The smallest absolute Gasteiger partial charge is 0.243 e. The first-order valence-corrected chi connectivity index (χ1v) is 6.58. The first-order valence-electron chi connectivity index (χ1n) is 6.58. The van der Waals surface area contributed by atoms with E-state index in [0.29, 0.717) is 6.54 Å². The molecule has 1 N–H and O–H groups in total. The number of amides is 1. The molecule has 102 valence electrons. The first-order chi connectivity index (χ1) is 8.77. The Morgan fingerprint density at radius 3 is 2.44 bits per heavy atom. The molecule has 5 heteroatoms. The van der Waals surface area contributed by atoms with Crippen LogP contribution < -0.4 is 5.32 Å². The maximum Gasteiger partial charge on any atom is 0.243 e. The zero-order valence-corrected chi connectivity index (χ0v) is 10.8. The van der Waals surface area contributed by atoms with Gasteiger partial charge in [-0.05, 0) is 18.9 Å². The van der Waals surface area contributed by atoms with Gasteiger partial charge in [0.05, 0.1) is 13.2 Å². The van der Waals surface area contributed by atoms with E-state index in [-0.39, 0.29) is 11.4 Å². The number of nitrogens with one attached hydrogen (secondary N) is 1. The van der Waals surface area contributed by atoms with Crippen molar-refractivity contribution in [2.45, 2.75) is 18.4 Å². The van der Waals surface area contributed by atoms with Crippen molar-refractivity contribution in [2.75, 3.05) is 46.1 Å². The summed E-state index contributed by atoms with van der Waals surface area (Å²) in [5.41, 5.74) is 0.0285. The lowest BCUT2D eigenvalue weighted by Gasteiger charge is -2.47. The molecule has 2 rings (SSSR count). The molecule has 0 atom stereocenters.